The Kier molecular flexibility index (Phi) is 4.11. The fourth-order valence-corrected chi connectivity index (χ4v) is 3.99. The molecule has 2 aliphatic carbocycles. The predicted molar refractivity (Wildman–Crippen MR) is 74.7 cm³/mol. The number of carbonyl (C=O) groups excluding carboxylic acids is 1. The topological polar surface area (TPSA) is 40.5 Å². The van der Waals surface area contributed by atoms with Crippen LogP contribution in [-0.4, -0.2) is 34.6 Å². The largest absolute Gasteiger partial charge is 0.393 e. The third kappa shape index (κ3) is 3.13. The van der Waals surface area contributed by atoms with Gasteiger partial charge in [-0.1, -0.05) is 12.8 Å². The Bertz CT molecular complexity index is 327. The number of hydrogen-bond donors (Lipinski definition) is 1. The Morgan fingerprint density at radius 1 is 1.00 bits per heavy atom. The zero-order valence-corrected chi connectivity index (χ0v) is 11.9. The minimum Gasteiger partial charge on any atom is -0.393 e. The van der Waals surface area contributed by atoms with Crippen molar-refractivity contribution >= 4 is 5.91 Å². The molecular formula is C16H27NO2. The maximum absolute atomic E-state index is 12.5. The summed E-state index contributed by atoms with van der Waals surface area (Å²) in [5.41, 5.74) is 0. The van der Waals surface area contributed by atoms with Crippen molar-refractivity contribution in [1.82, 2.24) is 4.90 Å². The van der Waals surface area contributed by atoms with Gasteiger partial charge in [-0.15, -0.1) is 0 Å². The average Bonchev–Trinajstić information content (AvgIpc) is 3.23. The molecule has 0 aromatic rings. The van der Waals surface area contributed by atoms with E-state index in [1.165, 1.54) is 25.7 Å². The summed E-state index contributed by atoms with van der Waals surface area (Å²) in [6.45, 7) is 0.930. The molecule has 19 heavy (non-hydrogen) atoms. The van der Waals surface area contributed by atoms with Crippen LogP contribution in [0.1, 0.15) is 64.2 Å². The van der Waals surface area contributed by atoms with E-state index in [1.54, 1.807) is 0 Å². The van der Waals surface area contributed by atoms with Gasteiger partial charge in [-0.25, -0.2) is 0 Å². The second kappa shape index (κ2) is 5.82. The summed E-state index contributed by atoms with van der Waals surface area (Å²) in [7, 11) is 0. The fourth-order valence-electron chi connectivity index (χ4n) is 3.99. The number of carbonyl (C=O) groups is 1. The van der Waals surface area contributed by atoms with E-state index in [0.717, 1.165) is 45.1 Å². The first-order valence-electron chi connectivity index (χ1n) is 8.23. The number of piperidine rings is 1. The summed E-state index contributed by atoms with van der Waals surface area (Å²) in [5.74, 6) is 1.38. The zero-order valence-electron chi connectivity index (χ0n) is 11.9. The highest BCUT2D eigenvalue weighted by atomic mass is 16.3. The lowest BCUT2D eigenvalue weighted by atomic mass is 9.78. The van der Waals surface area contributed by atoms with Gasteiger partial charge in [-0.3, -0.25) is 4.79 Å². The molecule has 1 saturated heterocycles. The summed E-state index contributed by atoms with van der Waals surface area (Å²) in [6.07, 6.45) is 11.0. The molecule has 3 nitrogen and oxygen atoms in total. The van der Waals surface area contributed by atoms with Crippen LogP contribution in [0.3, 0.4) is 0 Å². The Morgan fingerprint density at radius 2 is 1.74 bits per heavy atom. The Balaban J connectivity index is 1.66. The zero-order chi connectivity index (χ0) is 13.2. The lowest BCUT2D eigenvalue weighted by molar-refractivity contribution is -0.138. The van der Waals surface area contributed by atoms with Crippen molar-refractivity contribution in [3.8, 4) is 0 Å². The highest BCUT2D eigenvalue weighted by molar-refractivity contribution is 5.77. The third-order valence-electron chi connectivity index (χ3n) is 5.31. The van der Waals surface area contributed by atoms with E-state index < -0.39 is 0 Å². The van der Waals surface area contributed by atoms with Crippen LogP contribution >= 0.6 is 0 Å². The summed E-state index contributed by atoms with van der Waals surface area (Å²) in [4.78, 5) is 14.6. The molecule has 3 fully saturated rings. The van der Waals surface area contributed by atoms with E-state index in [0.29, 0.717) is 23.8 Å². The molecule has 108 valence electrons. The van der Waals surface area contributed by atoms with Crippen molar-refractivity contribution in [3.63, 3.8) is 0 Å². The molecule has 1 amide bonds. The van der Waals surface area contributed by atoms with Gasteiger partial charge in [-0.2, -0.15) is 0 Å². The van der Waals surface area contributed by atoms with Crippen LogP contribution in [0.5, 0.6) is 0 Å². The Hall–Kier alpha value is -0.570. The molecule has 3 unspecified atom stereocenters. The van der Waals surface area contributed by atoms with Gasteiger partial charge in [0.15, 0.2) is 0 Å². The van der Waals surface area contributed by atoms with Gasteiger partial charge in [0.05, 0.1) is 6.10 Å². The van der Waals surface area contributed by atoms with Crippen LogP contribution in [0, 0.1) is 11.8 Å². The molecule has 0 bridgehead atoms. The van der Waals surface area contributed by atoms with E-state index in [1.807, 2.05) is 0 Å². The van der Waals surface area contributed by atoms with E-state index in [9.17, 15) is 9.90 Å². The third-order valence-corrected chi connectivity index (χ3v) is 5.31. The van der Waals surface area contributed by atoms with Crippen LogP contribution in [0.2, 0.25) is 0 Å². The van der Waals surface area contributed by atoms with E-state index in [4.69, 9.17) is 0 Å². The van der Waals surface area contributed by atoms with Crippen molar-refractivity contribution in [2.75, 3.05) is 6.54 Å². The standard InChI is InChI=1S/C16H27NO2/c18-15-7-2-1-5-13(15)14-6-3-4-10-17(14)16(19)11-12-8-9-12/h12-15,18H,1-11H2. The quantitative estimate of drug-likeness (QED) is 0.852. The highest BCUT2D eigenvalue weighted by Crippen LogP contribution is 2.37. The summed E-state index contributed by atoms with van der Waals surface area (Å²) in [5, 5.41) is 10.3. The van der Waals surface area contributed by atoms with Crippen molar-refractivity contribution in [1.29, 1.82) is 0 Å². The molecule has 1 aliphatic heterocycles. The van der Waals surface area contributed by atoms with Gasteiger partial charge in [-0.05, 0) is 50.9 Å². The first-order chi connectivity index (χ1) is 9.25. The van der Waals surface area contributed by atoms with E-state index >= 15 is 0 Å². The first-order valence-corrected chi connectivity index (χ1v) is 8.23. The van der Waals surface area contributed by atoms with Gasteiger partial charge in [0, 0.05) is 24.9 Å². The molecule has 1 heterocycles. The lowest BCUT2D eigenvalue weighted by Gasteiger charge is -2.43. The van der Waals surface area contributed by atoms with Crippen LogP contribution in [0.15, 0.2) is 0 Å². The Morgan fingerprint density at radius 3 is 2.47 bits per heavy atom. The smallest absolute Gasteiger partial charge is 0.223 e. The second-order valence-electron chi connectivity index (χ2n) is 6.81. The highest BCUT2D eigenvalue weighted by Gasteiger charge is 2.38. The van der Waals surface area contributed by atoms with Gasteiger partial charge in [0.25, 0.3) is 0 Å². The monoisotopic (exact) mass is 265 g/mol. The van der Waals surface area contributed by atoms with Crippen LogP contribution in [0.25, 0.3) is 0 Å². The van der Waals surface area contributed by atoms with Crippen molar-refractivity contribution < 1.29 is 9.90 Å². The number of nitrogens with zero attached hydrogens (tertiary/aromatic N) is 1. The maximum atomic E-state index is 12.5. The molecule has 3 heteroatoms. The van der Waals surface area contributed by atoms with E-state index in [-0.39, 0.29) is 6.10 Å². The van der Waals surface area contributed by atoms with Crippen molar-refractivity contribution in [2.45, 2.75) is 76.4 Å². The first kappa shape index (κ1) is 13.4. The minimum absolute atomic E-state index is 0.173. The molecule has 3 atom stereocenters. The molecule has 0 aromatic carbocycles. The fraction of sp³-hybridized carbons (Fsp3) is 0.938. The molecule has 0 aromatic heterocycles. The average molecular weight is 265 g/mol. The van der Waals surface area contributed by atoms with E-state index in [2.05, 4.69) is 4.90 Å². The number of aliphatic hydroxyl groups is 1. The number of amides is 1. The van der Waals surface area contributed by atoms with Crippen molar-refractivity contribution in [3.05, 3.63) is 0 Å². The van der Waals surface area contributed by atoms with Gasteiger partial charge < -0.3 is 10.0 Å². The summed E-state index contributed by atoms with van der Waals surface area (Å²) >= 11 is 0. The lowest BCUT2D eigenvalue weighted by Crippen LogP contribution is -2.51. The number of rotatable bonds is 3. The van der Waals surface area contributed by atoms with Crippen LogP contribution < -0.4 is 0 Å². The van der Waals surface area contributed by atoms with Crippen LogP contribution in [-0.2, 0) is 4.79 Å². The van der Waals surface area contributed by atoms with Crippen LogP contribution in [0.4, 0.5) is 0 Å². The normalized spacial score (nSPS) is 36.3. The number of hydrogen-bond acceptors (Lipinski definition) is 2. The number of likely N-dealkylation sites (tertiary alicyclic amines) is 1. The minimum atomic E-state index is -0.173. The second-order valence-corrected chi connectivity index (χ2v) is 6.81. The van der Waals surface area contributed by atoms with Gasteiger partial charge in [0.2, 0.25) is 5.91 Å². The molecule has 3 aliphatic rings. The van der Waals surface area contributed by atoms with Gasteiger partial charge >= 0.3 is 0 Å². The van der Waals surface area contributed by atoms with Gasteiger partial charge in [0.1, 0.15) is 0 Å². The SMILES string of the molecule is O=C(CC1CC1)N1CCCCC1C1CCCCC1O. The maximum Gasteiger partial charge on any atom is 0.223 e. The Labute approximate surface area is 116 Å². The molecule has 0 radical (unpaired) electrons. The van der Waals surface area contributed by atoms with Crippen molar-refractivity contribution in [2.24, 2.45) is 11.8 Å². The molecule has 2 saturated carbocycles. The summed E-state index contributed by atoms with van der Waals surface area (Å²) in [6, 6.07) is 0.329. The summed E-state index contributed by atoms with van der Waals surface area (Å²) < 4.78 is 0. The number of aliphatic hydroxyl groups excluding tert-OH is 1. The molecule has 0 spiro atoms. The molecular weight excluding hydrogens is 238 g/mol. The predicted octanol–water partition coefficient (Wildman–Crippen LogP) is 2.72. The molecule has 1 N–H and O–H groups in total. The molecule has 3 rings (SSSR count).